The van der Waals surface area contributed by atoms with Gasteiger partial charge in [-0.05, 0) is 25.0 Å². The van der Waals surface area contributed by atoms with Crippen molar-refractivity contribution in [2.45, 2.75) is 44.4 Å². The first kappa shape index (κ1) is 16.9. The Morgan fingerprint density at radius 2 is 1.59 bits per heavy atom. The molecule has 1 aromatic rings. The van der Waals surface area contributed by atoms with E-state index in [-0.39, 0.29) is 0 Å². The minimum absolute atomic E-state index is 0.357. The molecule has 0 aliphatic heterocycles. The van der Waals surface area contributed by atoms with Crippen molar-refractivity contribution in [3.8, 4) is 17.2 Å². The predicted molar refractivity (Wildman–Crippen MR) is 84.8 cm³/mol. The number of benzene rings is 1. The van der Waals surface area contributed by atoms with E-state index in [4.69, 9.17) is 18.9 Å². The average Bonchev–Trinajstić information content (AvgIpc) is 2.58. The molecule has 0 bridgehead atoms. The number of methoxy groups -OCH3 is 4. The quantitative estimate of drug-likeness (QED) is 0.833. The fraction of sp³-hybridized carbons (Fsp3) is 0.647. The van der Waals surface area contributed by atoms with E-state index in [2.05, 4.69) is 5.32 Å². The molecule has 0 radical (unpaired) electrons. The van der Waals surface area contributed by atoms with Crippen LogP contribution >= 0.6 is 0 Å². The fourth-order valence-corrected chi connectivity index (χ4v) is 3.23. The Morgan fingerprint density at radius 3 is 2.14 bits per heavy atom. The zero-order valence-corrected chi connectivity index (χ0v) is 14.1. The number of ether oxygens (including phenoxy) is 4. The molecule has 2 atom stereocenters. The lowest BCUT2D eigenvalue weighted by atomic mass is 9.92. The molecule has 0 amide bonds. The summed E-state index contributed by atoms with van der Waals surface area (Å²) in [6.45, 7) is 0.876. The molecule has 0 aromatic heterocycles. The molecular formula is C17H28NO4+. The van der Waals surface area contributed by atoms with E-state index in [1.54, 1.807) is 21.3 Å². The topological polar surface area (TPSA) is 53.5 Å². The van der Waals surface area contributed by atoms with Crippen molar-refractivity contribution < 1.29 is 24.3 Å². The Hall–Kier alpha value is -1.46. The SMILES string of the molecule is COc1cc(C[NH2+][C@H]2CCCC[C@H]2OC)cc(OC)c1OC. The van der Waals surface area contributed by atoms with Gasteiger partial charge < -0.3 is 24.3 Å². The molecule has 0 spiro atoms. The summed E-state index contributed by atoms with van der Waals surface area (Å²) in [6, 6.07) is 4.56. The average molecular weight is 310 g/mol. The molecule has 124 valence electrons. The summed E-state index contributed by atoms with van der Waals surface area (Å²) in [4.78, 5) is 0. The van der Waals surface area contributed by atoms with E-state index in [0.717, 1.165) is 18.5 Å². The van der Waals surface area contributed by atoms with Gasteiger partial charge in [-0.25, -0.2) is 0 Å². The highest BCUT2D eigenvalue weighted by Gasteiger charge is 2.27. The Labute approximate surface area is 132 Å². The highest BCUT2D eigenvalue weighted by Crippen LogP contribution is 2.38. The smallest absolute Gasteiger partial charge is 0.203 e. The van der Waals surface area contributed by atoms with Crippen molar-refractivity contribution in [2.75, 3.05) is 28.4 Å². The number of hydrogen-bond donors (Lipinski definition) is 1. The van der Waals surface area contributed by atoms with E-state index < -0.39 is 0 Å². The minimum atomic E-state index is 0.357. The van der Waals surface area contributed by atoms with Gasteiger partial charge in [0.2, 0.25) is 5.75 Å². The Morgan fingerprint density at radius 1 is 0.955 bits per heavy atom. The van der Waals surface area contributed by atoms with Gasteiger partial charge in [0.05, 0.1) is 21.3 Å². The third-order valence-corrected chi connectivity index (χ3v) is 4.44. The second kappa shape index (κ2) is 8.25. The second-order valence-corrected chi connectivity index (χ2v) is 5.70. The first-order valence-corrected chi connectivity index (χ1v) is 7.88. The van der Waals surface area contributed by atoms with Gasteiger partial charge in [0.15, 0.2) is 11.5 Å². The molecule has 5 nitrogen and oxygen atoms in total. The predicted octanol–water partition coefficient (Wildman–Crippen LogP) is 1.73. The monoisotopic (exact) mass is 310 g/mol. The van der Waals surface area contributed by atoms with Gasteiger partial charge in [-0.15, -0.1) is 0 Å². The molecule has 2 rings (SSSR count). The van der Waals surface area contributed by atoms with Crippen LogP contribution in [0.5, 0.6) is 17.2 Å². The van der Waals surface area contributed by atoms with Crippen molar-refractivity contribution in [1.29, 1.82) is 0 Å². The Bertz CT molecular complexity index is 453. The number of rotatable bonds is 7. The molecule has 1 aliphatic carbocycles. The standard InChI is InChI=1S/C17H27NO4/c1-19-14-8-6-5-7-13(14)18-11-12-9-15(20-2)17(22-4)16(10-12)21-3/h9-10,13-14,18H,5-8,11H2,1-4H3/p+1/t13-,14+/m0/s1. The van der Waals surface area contributed by atoms with Gasteiger partial charge in [0.25, 0.3) is 0 Å². The summed E-state index contributed by atoms with van der Waals surface area (Å²) in [7, 11) is 6.73. The summed E-state index contributed by atoms with van der Waals surface area (Å²) in [5, 5.41) is 2.37. The van der Waals surface area contributed by atoms with Crippen LogP contribution in [0.15, 0.2) is 12.1 Å². The summed E-state index contributed by atoms with van der Waals surface area (Å²) in [5.41, 5.74) is 1.16. The lowest BCUT2D eigenvalue weighted by Crippen LogP contribution is -2.91. The minimum Gasteiger partial charge on any atom is -0.493 e. The highest BCUT2D eigenvalue weighted by atomic mass is 16.5. The largest absolute Gasteiger partial charge is 0.493 e. The summed E-state index contributed by atoms with van der Waals surface area (Å²) < 4.78 is 21.8. The van der Waals surface area contributed by atoms with Crippen LogP contribution in [0.1, 0.15) is 31.2 Å². The van der Waals surface area contributed by atoms with E-state index in [0.29, 0.717) is 29.4 Å². The van der Waals surface area contributed by atoms with E-state index in [1.165, 1.54) is 19.3 Å². The first-order valence-electron chi connectivity index (χ1n) is 7.88. The molecule has 1 aliphatic rings. The highest BCUT2D eigenvalue weighted by molar-refractivity contribution is 5.53. The first-order chi connectivity index (χ1) is 10.7. The molecule has 0 heterocycles. The van der Waals surface area contributed by atoms with Crippen LogP contribution < -0.4 is 19.5 Å². The summed E-state index contributed by atoms with van der Waals surface area (Å²) in [5.74, 6) is 2.05. The van der Waals surface area contributed by atoms with Crippen molar-refractivity contribution >= 4 is 0 Å². The summed E-state index contributed by atoms with van der Waals surface area (Å²) in [6.07, 6.45) is 5.29. The van der Waals surface area contributed by atoms with Gasteiger partial charge >= 0.3 is 0 Å². The molecule has 22 heavy (non-hydrogen) atoms. The van der Waals surface area contributed by atoms with Crippen LogP contribution in [0, 0.1) is 0 Å². The second-order valence-electron chi connectivity index (χ2n) is 5.70. The maximum Gasteiger partial charge on any atom is 0.203 e. The third kappa shape index (κ3) is 3.84. The van der Waals surface area contributed by atoms with Crippen molar-refractivity contribution in [3.05, 3.63) is 17.7 Å². The van der Waals surface area contributed by atoms with Gasteiger partial charge in [-0.2, -0.15) is 0 Å². The zero-order valence-electron chi connectivity index (χ0n) is 14.1. The van der Waals surface area contributed by atoms with E-state index in [1.807, 2.05) is 19.2 Å². The molecule has 1 fully saturated rings. The lowest BCUT2D eigenvalue weighted by Gasteiger charge is -2.28. The Balaban J connectivity index is 2.09. The molecule has 1 aromatic carbocycles. The maximum absolute atomic E-state index is 5.62. The molecule has 0 saturated heterocycles. The molecule has 1 saturated carbocycles. The van der Waals surface area contributed by atoms with Gasteiger partial charge in [0, 0.05) is 19.1 Å². The van der Waals surface area contributed by atoms with E-state index >= 15 is 0 Å². The fourth-order valence-electron chi connectivity index (χ4n) is 3.23. The van der Waals surface area contributed by atoms with E-state index in [9.17, 15) is 0 Å². The lowest BCUT2D eigenvalue weighted by molar-refractivity contribution is -0.713. The normalized spacial score (nSPS) is 21.5. The van der Waals surface area contributed by atoms with Crippen LogP contribution in [0.25, 0.3) is 0 Å². The van der Waals surface area contributed by atoms with Crippen LogP contribution in [-0.2, 0) is 11.3 Å². The number of nitrogens with two attached hydrogens (primary N) is 1. The molecule has 5 heteroatoms. The van der Waals surface area contributed by atoms with Gasteiger partial charge in [0.1, 0.15) is 18.7 Å². The molecule has 2 N–H and O–H groups in total. The number of hydrogen-bond acceptors (Lipinski definition) is 4. The Kier molecular flexibility index (Phi) is 6.34. The van der Waals surface area contributed by atoms with Gasteiger partial charge in [-0.1, -0.05) is 6.42 Å². The third-order valence-electron chi connectivity index (χ3n) is 4.44. The van der Waals surface area contributed by atoms with Crippen molar-refractivity contribution in [2.24, 2.45) is 0 Å². The summed E-state index contributed by atoms with van der Waals surface area (Å²) >= 11 is 0. The zero-order chi connectivity index (χ0) is 15.9. The van der Waals surface area contributed by atoms with Gasteiger partial charge in [-0.3, -0.25) is 0 Å². The van der Waals surface area contributed by atoms with Crippen molar-refractivity contribution in [3.63, 3.8) is 0 Å². The number of quaternary nitrogens is 1. The van der Waals surface area contributed by atoms with Crippen LogP contribution in [0.4, 0.5) is 0 Å². The molecular weight excluding hydrogens is 282 g/mol. The van der Waals surface area contributed by atoms with Crippen LogP contribution in [0.2, 0.25) is 0 Å². The van der Waals surface area contributed by atoms with Crippen LogP contribution in [-0.4, -0.2) is 40.6 Å². The molecule has 0 unspecified atom stereocenters. The van der Waals surface area contributed by atoms with Crippen LogP contribution in [0.3, 0.4) is 0 Å². The maximum atomic E-state index is 5.62. The van der Waals surface area contributed by atoms with Crippen molar-refractivity contribution in [1.82, 2.24) is 0 Å².